The minimum atomic E-state index is -0.659. The smallest absolute Gasteiger partial charge is 0.114 e. The van der Waals surface area contributed by atoms with Gasteiger partial charge in [0.1, 0.15) is 6.17 Å². The van der Waals surface area contributed by atoms with Gasteiger partial charge >= 0.3 is 0 Å². The highest BCUT2D eigenvalue weighted by molar-refractivity contribution is 5.08. The Hall–Kier alpha value is -0.370. The summed E-state index contributed by atoms with van der Waals surface area (Å²) in [7, 11) is 0. The third kappa shape index (κ3) is 1.57. The largest absolute Gasteiger partial charge is 0.307 e. The lowest BCUT2D eigenvalue weighted by Crippen LogP contribution is -2.22. The van der Waals surface area contributed by atoms with Crippen LogP contribution in [0.1, 0.15) is 21.2 Å². The topological polar surface area (TPSA) is 12.0 Å². The van der Waals surface area contributed by atoms with Gasteiger partial charge in [0, 0.05) is 14.0 Å². The second-order valence-electron chi connectivity index (χ2n) is 2.81. The molecule has 0 aromatic rings. The quantitative estimate of drug-likeness (QED) is 0.585. The number of hydrogen-bond donors (Lipinski definition) is 1. The molecule has 0 spiro atoms. The van der Waals surface area contributed by atoms with Crippen molar-refractivity contribution in [3.05, 3.63) is 12.2 Å². The lowest BCUT2D eigenvalue weighted by Gasteiger charge is -2.10. The molecule has 1 fully saturated rings. The summed E-state index contributed by atoms with van der Waals surface area (Å²) in [6, 6.07) is 0.236. The van der Waals surface area contributed by atoms with Crippen molar-refractivity contribution in [1.29, 1.82) is 0 Å². The minimum absolute atomic E-state index is 0. The molecule has 0 amide bonds. The van der Waals surface area contributed by atoms with E-state index in [1.165, 1.54) is 0 Å². The minimum Gasteiger partial charge on any atom is -0.307 e. The van der Waals surface area contributed by atoms with Gasteiger partial charge in [0.05, 0.1) is 0 Å². The highest BCUT2D eigenvalue weighted by Crippen LogP contribution is 2.17. The average molecular weight is 145 g/mol. The molecule has 0 unspecified atom stereocenters. The fraction of sp³-hybridized carbons (Fsp3) is 0.750. The summed E-state index contributed by atoms with van der Waals surface area (Å²) in [5.74, 6) is 0. The van der Waals surface area contributed by atoms with Gasteiger partial charge in [-0.25, -0.2) is 4.39 Å². The van der Waals surface area contributed by atoms with Crippen LogP contribution in [0.15, 0.2) is 12.2 Å². The van der Waals surface area contributed by atoms with Gasteiger partial charge in [-0.2, -0.15) is 0 Å². The first-order valence-electron chi connectivity index (χ1n) is 3.79. The van der Waals surface area contributed by atoms with Gasteiger partial charge in [0.15, 0.2) is 0 Å². The second-order valence-corrected chi connectivity index (χ2v) is 2.81. The zero-order valence-electron chi connectivity index (χ0n) is 6.36. The van der Waals surface area contributed by atoms with E-state index in [1.807, 2.05) is 0 Å². The molecule has 2 heteroatoms. The Kier molecular flexibility index (Phi) is 2.44. The maximum absolute atomic E-state index is 12.6. The molecule has 0 aromatic heterocycles. The van der Waals surface area contributed by atoms with Crippen molar-refractivity contribution in [1.82, 2.24) is 5.32 Å². The van der Waals surface area contributed by atoms with Gasteiger partial charge < -0.3 is 5.32 Å². The molecule has 1 aliphatic rings. The molecule has 1 rings (SSSR count). The summed E-state index contributed by atoms with van der Waals surface area (Å²) >= 11 is 0. The van der Waals surface area contributed by atoms with E-state index in [1.54, 1.807) is 0 Å². The fourth-order valence-electron chi connectivity index (χ4n) is 1.25. The maximum atomic E-state index is 12.6. The van der Waals surface area contributed by atoms with E-state index in [0.29, 0.717) is 13.0 Å². The van der Waals surface area contributed by atoms with Crippen LogP contribution in [0.4, 0.5) is 4.39 Å². The monoisotopic (exact) mass is 145 g/mol. The van der Waals surface area contributed by atoms with E-state index in [9.17, 15) is 4.39 Å². The van der Waals surface area contributed by atoms with Crippen molar-refractivity contribution in [2.75, 3.05) is 6.54 Å². The second kappa shape index (κ2) is 3.15. The molecule has 0 bridgehead atoms. The molecule has 10 heavy (non-hydrogen) atoms. The molecular weight excluding hydrogens is 129 g/mol. The summed E-state index contributed by atoms with van der Waals surface area (Å²) < 4.78 is 12.6. The molecule has 0 aromatic carbocycles. The van der Waals surface area contributed by atoms with Crippen LogP contribution in [0.3, 0.4) is 0 Å². The van der Waals surface area contributed by atoms with E-state index < -0.39 is 6.17 Å². The van der Waals surface area contributed by atoms with Crippen LogP contribution < -0.4 is 5.32 Å². The molecule has 1 saturated heterocycles. The molecule has 1 aliphatic heterocycles. The summed E-state index contributed by atoms with van der Waals surface area (Å²) in [6.07, 6.45) is 0.908. The predicted octanol–water partition coefficient (Wildman–Crippen LogP) is 1.90. The van der Waals surface area contributed by atoms with Crippen LogP contribution in [-0.2, 0) is 0 Å². The standard InChI is InChI=1S/C8H14FN.H2/c1-3-6(2)8-4-7(9)5-10-8;/h7-8,10H,2-5H2,1H3;1H/t7-,8-;/m0./s1. The molecule has 60 valence electrons. The molecule has 0 radical (unpaired) electrons. The highest BCUT2D eigenvalue weighted by Gasteiger charge is 2.24. The number of alkyl halides is 1. The van der Waals surface area contributed by atoms with Crippen LogP contribution in [0.25, 0.3) is 0 Å². The number of halogens is 1. The third-order valence-electron chi connectivity index (χ3n) is 2.02. The van der Waals surface area contributed by atoms with Gasteiger partial charge in [-0.3, -0.25) is 0 Å². The van der Waals surface area contributed by atoms with Gasteiger partial charge in [-0.05, 0) is 12.8 Å². The first-order chi connectivity index (χ1) is 4.74. The van der Waals surface area contributed by atoms with E-state index in [4.69, 9.17) is 0 Å². The molecule has 2 atom stereocenters. The number of rotatable bonds is 2. The Morgan fingerprint density at radius 3 is 3.00 bits per heavy atom. The van der Waals surface area contributed by atoms with Crippen LogP contribution in [0, 0.1) is 0 Å². The van der Waals surface area contributed by atoms with E-state index in [-0.39, 0.29) is 7.47 Å². The summed E-state index contributed by atoms with van der Waals surface area (Å²) in [5.41, 5.74) is 1.13. The maximum Gasteiger partial charge on any atom is 0.114 e. The van der Waals surface area contributed by atoms with Crippen LogP contribution in [0.2, 0.25) is 0 Å². The van der Waals surface area contributed by atoms with E-state index in [0.717, 1.165) is 12.0 Å². The Morgan fingerprint density at radius 1 is 1.90 bits per heavy atom. The Bertz CT molecular complexity index is 138. The molecule has 1 N–H and O–H groups in total. The molecule has 0 aliphatic carbocycles. The van der Waals surface area contributed by atoms with Crippen molar-refractivity contribution < 1.29 is 5.82 Å². The normalized spacial score (nSPS) is 32.6. The zero-order chi connectivity index (χ0) is 7.56. The fourth-order valence-corrected chi connectivity index (χ4v) is 1.25. The number of hydrogen-bond acceptors (Lipinski definition) is 1. The summed E-state index contributed by atoms with van der Waals surface area (Å²) in [6.45, 7) is 6.42. The SMILES string of the molecule is C=C(CC)[C@@H]1C[C@H](F)CN1.[HH]. The highest BCUT2D eigenvalue weighted by atomic mass is 19.1. The summed E-state index contributed by atoms with van der Waals surface area (Å²) in [4.78, 5) is 0. The Balaban J connectivity index is 0.000001000. The van der Waals surface area contributed by atoms with Crippen molar-refractivity contribution >= 4 is 0 Å². The van der Waals surface area contributed by atoms with Gasteiger partial charge in [0.2, 0.25) is 0 Å². The Labute approximate surface area is 62.8 Å². The molecule has 1 heterocycles. The van der Waals surface area contributed by atoms with Crippen molar-refractivity contribution in [3.63, 3.8) is 0 Å². The van der Waals surface area contributed by atoms with Crippen LogP contribution in [0.5, 0.6) is 0 Å². The lowest BCUT2D eigenvalue weighted by molar-refractivity contribution is 0.357. The van der Waals surface area contributed by atoms with Gasteiger partial charge in [-0.15, -0.1) is 0 Å². The van der Waals surface area contributed by atoms with E-state index in [2.05, 4.69) is 18.8 Å². The van der Waals surface area contributed by atoms with Crippen molar-refractivity contribution in [2.45, 2.75) is 32.0 Å². The van der Waals surface area contributed by atoms with E-state index >= 15 is 0 Å². The zero-order valence-corrected chi connectivity index (χ0v) is 6.36. The first-order valence-corrected chi connectivity index (χ1v) is 3.79. The molecule has 1 nitrogen and oxygen atoms in total. The van der Waals surface area contributed by atoms with Crippen LogP contribution in [-0.4, -0.2) is 18.8 Å². The summed E-state index contributed by atoms with van der Waals surface area (Å²) in [5, 5.41) is 3.08. The van der Waals surface area contributed by atoms with Crippen molar-refractivity contribution in [3.8, 4) is 0 Å². The van der Waals surface area contributed by atoms with Crippen molar-refractivity contribution in [2.24, 2.45) is 0 Å². The lowest BCUT2D eigenvalue weighted by atomic mass is 10.1. The average Bonchev–Trinajstić information content (AvgIpc) is 2.34. The Morgan fingerprint density at radius 2 is 2.60 bits per heavy atom. The first kappa shape index (κ1) is 7.73. The van der Waals surface area contributed by atoms with Crippen LogP contribution >= 0.6 is 0 Å². The predicted molar refractivity (Wildman–Crippen MR) is 42.8 cm³/mol. The van der Waals surface area contributed by atoms with Gasteiger partial charge in [0.25, 0.3) is 0 Å². The molecular formula is C8H16FN. The number of nitrogens with one attached hydrogen (secondary N) is 1. The third-order valence-corrected chi connectivity index (χ3v) is 2.02. The van der Waals surface area contributed by atoms with Gasteiger partial charge in [-0.1, -0.05) is 19.1 Å². The molecule has 0 saturated carbocycles.